The van der Waals surface area contributed by atoms with E-state index >= 15 is 0 Å². The maximum Gasteiger partial charge on any atom is 0.228 e. The van der Waals surface area contributed by atoms with E-state index in [2.05, 4.69) is 10.6 Å². The van der Waals surface area contributed by atoms with Gasteiger partial charge in [0.2, 0.25) is 5.91 Å². The summed E-state index contributed by atoms with van der Waals surface area (Å²) in [6, 6.07) is 5.36. The van der Waals surface area contributed by atoms with Crippen molar-refractivity contribution in [2.75, 3.05) is 0 Å². The molecule has 0 aliphatic carbocycles. The lowest BCUT2D eigenvalue weighted by Crippen LogP contribution is -2.48. The van der Waals surface area contributed by atoms with Crippen molar-refractivity contribution in [3.8, 4) is 0 Å². The number of rotatable bonds is 3. The van der Waals surface area contributed by atoms with Gasteiger partial charge in [0.25, 0.3) is 0 Å². The molecular formula is C14H20Cl2N2OS. The minimum Gasteiger partial charge on any atom is -0.353 e. The Morgan fingerprint density at radius 2 is 2.05 bits per heavy atom. The van der Waals surface area contributed by atoms with Gasteiger partial charge in [-0.15, -0.1) is 23.7 Å². The van der Waals surface area contributed by atoms with Crippen molar-refractivity contribution in [1.82, 2.24) is 10.6 Å². The summed E-state index contributed by atoms with van der Waals surface area (Å²) in [7, 11) is 0. The van der Waals surface area contributed by atoms with E-state index < -0.39 is 0 Å². The monoisotopic (exact) mass is 334 g/mol. The Labute approximate surface area is 134 Å². The number of thiophene rings is 1. The molecule has 2 fully saturated rings. The largest absolute Gasteiger partial charge is 0.353 e. The number of hydrogen-bond acceptors (Lipinski definition) is 3. The molecule has 0 aromatic carbocycles. The Morgan fingerprint density at radius 1 is 1.40 bits per heavy atom. The standard InChI is InChI=1S/C14H19ClN2OS.ClH/c1-8(12-4-5-13(15)19-12)14(18)17-11-6-9-2-3-10(7-11)16-9;/h4-5,8-11,16H,2-3,6-7H2,1H3,(H,17,18);1H. The maximum absolute atomic E-state index is 12.3. The minimum absolute atomic E-state index is 0. The van der Waals surface area contributed by atoms with Gasteiger partial charge in [-0.3, -0.25) is 4.79 Å². The summed E-state index contributed by atoms with van der Waals surface area (Å²) in [5, 5.41) is 6.80. The molecule has 1 aromatic heterocycles. The smallest absolute Gasteiger partial charge is 0.228 e. The average molecular weight is 335 g/mol. The molecule has 20 heavy (non-hydrogen) atoms. The summed E-state index contributed by atoms with van der Waals surface area (Å²) in [5.41, 5.74) is 0. The summed E-state index contributed by atoms with van der Waals surface area (Å²) >= 11 is 7.42. The number of fused-ring (bicyclic) bond motifs is 2. The first-order valence-corrected chi connectivity index (χ1v) is 8.13. The SMILES string of the molecule is CC(C(=O)NC1CC2CCC(C1)N2)c1ccc(Cl)s1.Cl. The minimum atomic E-state index is -0.106. The van der Waals surface area contributed by atoms with Crippen molar-refractivity contribution in [3.63, 3.8) is 0 Å². The number of carbonyl (C=O) groups is 1. The Balaban J connectivity index is 0.00000147. The lowest BCUT2D eigenvalue weighted by atomic mass is 9.98. The zero-order valence-electron chi connectivity index (χ0n) is 11.4. The molecule has 0 saturated carbocycles. The van der Waals surface area contributed by atoms with Gasteiger partial charge in [-0.2, -0.15) is 0 Å². The summed E-state index contributed by atoms with van der Waals surface area (Å²) in [6.07, 6.45) is 4.65. The van der Waals surface area contributed by atoms with Crippen molar-refractivity contribution in [2.24, 2.45) is 0 Å². The third-order valence-corrected chi connectivity index (χ3v) is 5.65. The molecule has 2 aliphatic heterocycles. The normalized spacial score (nSPS) is 29.6. The molecule has 2 bridgehead atoms. The van der Waals surface area contributed by atoms with Crippen LogP contribution in [-0.2, 0) is 4.79 Å². The highest BCUT2D eigenvalue weighted by Crippen LogP contribution is 2.30. The van der Waals surface area contributed by atoms with Crippen LogP contribution in [0.15, 0.2) is 12.1 Å². The van der Waals surface area contributed by atoms with Crippen LogP contribution in [0.2, 0.25) is 4.34 Å². The molecule has 112 valence electrons. The molecule has 3 unspecified atom stereocenters. The second-order valence-corrected chi connectivity index (χ2v) is 7.43. The zero-order chi connectivity index (χ0) is 13.4. The fourth-order valence-electron chi connectivity index (χ4n) is 3.19. The van der Waals surface area contributed by atoms with Gasteiger partial charge < -0.3 is 10.6 Å². The van der Waals surface area contributed by atoms with Crippen molar-refractivity contribution >= 4 is 41.3 Å². The van der Waals surface area contributed by atoms with Gasteiger partial charge in [0, 0.05) is 23.0 Å². The Morgan fingerprint density at radius 3 is 2.60 bits per heavy atom. The number of nitrogens with one attached hydrogen (secondary N) is 2. The molecule has 6 heteroatoms. The third kappa shape index (κ3) is 3.48. The molecule has 2 N–H and O–H groups in total. The zero-order valence-corrected chi connectivity index (χ0v) is 13.8. The van der Waals surface area contributed by atoms with Gasteiger partial charge in [0.15, 0.2) is 0 Å². The summed E-state index contributed by atoms with van der Waals surface area (Å²) in [5.74, 6) is 0.0230. The highest BCUT2D eigenvalue weighted by Gasteiger charge is 2.34. The Bertz CT molecular complexity index is 467. The Hall–Kier alpha value is -0.290. The molecule has 3 rings (SSSR count). The first-order valence-electron chi connectivity index (χ1n) is 6.93. The van der Waals surface area contributed by atoms with E-state index in [1.165, 1.54) is 24.2 Å². The number of halogens is 2. The Kier molecular flexibility index (Phi) is 5.35. The fraction of sp³-hybridized carbons (Fsp3) is 0.643. The number of amides is 1. The second-order valence-electron chi connectivity index (χ2n) is 5.68. The molecule has 2 saturated heterocycles. The molecule has 1 aromatic rings. The van der Waals surface area contributed by atoms with E-state index in [-0.39, 0.29) is 24.2 Å². The van der Waals surface area contributed by atoms with Crippen LogP contribution in [0, 0.1) is 0 Å². The van der Waals surface area contributed by atoms with Gasteiger partial charge in [-0.25, -0.2) is 0 Å². The predicted molar refractivity (Wildman–Crippen MR) is 86.1 cm³/mol. The van der Waals surface area contributed by atoms with Crippen LogP contribution in [0.1, 0.15) is 43.4 Å². The lowest BCUT2D eigenvalue weighted by molar-refractivity contribution is -0.123. The molecule has 0 spiro atoms. The van der Waals surface area contributed by atoms with Crippen LogP contribution in [0.25, 0.3) is 0 Å². The van der Waals surface area contributed by atoms with Crippen LogP contribution >= 0.6 is 35.3 Å². The van der Waals surface area contributed by atoms with E-state index in [1.54, 1.807) is 0 Å². The van der Waals surface area contributed by atoms with Gasteiger partial charge in [-0.05, 0) is 44.7 Å². The second kappa shape index (κ2) is 6.65. The van der Waals surface area contributed by atoms with Crippen LogP contribution in [0.5, 0.6) is 0 Å². The van der Waals surface area contributed by atoms with Crippen molar-refractivity contribution in [1.29, 1.82) is 0 Å². The van der Waals surface area contributed by atoms with Gasteiger partial charge >= 0.3 is 0 Å². The topological polar surface area (TPSA) is 41.1 Å². The van der Waals surface area contributed by atoms with Crippen LogP contribution in [-0.4, -0.2) is 24.0 Å². The summed E-state index contributed by atoms with van der Waals surface area (Å²) in [6.45, 7) is 1.95. The van der Waals surface area contributed by atoms with Crippen molar-refractivity contribution in [2.45, 2.75) is 56.7 Å². The number of piperidine rings is 1. The van der Waals surface area contributed by atoms with Gasteiger partial charge in [0.1, 0.15) is 0 Å². The van der Waals surface area contributed by atoms with Gasteiger partial charge in [-0.1, -0.05) is 11.6 Å². The van der Waals surface area contributed by atoms with Gasteiger partial charge in [0.05, 0.1) is 10.3 Å². The summed E-state index contributed by atoms with van der Waals surface area (Å²) in [4.78, 5) is 13.3. The third-order valence-electron chi connectivity index (χ3n) is 4.23. The molecule has 3 atom stereocenters. The van der Waals surface area contributed by atoms with E-state index in [9.17, 15) is 4.79 Å². The number of hydrogen-bond donors (Lipinski definition) is 2. The molecule has 2 aliphatic rings. The van der Waals surface area contributed by atoms with Crippen LogP contribution in [0.4, 0.5) is 0 Å². The highest BCUT2D eigenvalue weighted by molar-refractivity contribution is 7.16. The van der Waals surface area contributed by atoms with Crippen molar-refractivity contribution < 1.29 is 4.79 Å². The van der Waals surface area contributed by atoms with Crippen LogP contribution < -0.4 is 10.6 Å². The fourth-order valence-corrected chi connectivity index (χ4v) is 4.30. The van der Waals surface area contributed by atoms with E-state index in [1.807, 2.05) is 19.1 Å². The molecule has 0 radical (unpaired) electrons. The van der Waals surface area contributed by atoms with E-state index in [4.69, 9.17) is 11.6 Å². The van der Waals surface area contributed by atoms with Crippen molar-refractivity contribution in [3.05, 3.63) is 21.3 Å². The average Bonchev–Trinajstić information content (AvgIpc) is 2.95. The molecule has 3 heterocycles. The lowest BCUT2D eigenvalue weighted by Gasteiger charge is -2.30. The molecular weight excluding hydrogens is 315 g/mol. The molecule has 3 nitrogen and oxygen atoms in total. The van der Waals surface area contributed by atoms with E-state index in [0.717, 1.165) is 22.1 Å². The highest BCUT2D eigenvalue weighted by atomic mass is 35.5. The molecule has 1 amide bonds. The first-order chi connectivity index (χ1) is 9.11. The quantitative estimate of drug-likeness (QED) is 0.890. The first kappa shape index (κ1) is 16.1. The summed E-state index contributed by atoms with van der Waals surface area (Å²) < 4.78 is 0.745. The predicted octanol–water partition coefficient (Wildman–Crippen LogP) is 3.33. The maximum atomic E-state index is 12.3. The van der Waals surface area contributed by atoms with E-state index in [0.29, 0.717) is 18.1 Å². The number of carbonyl (C=O) groups excluding carboxylic acids is 1. The van der Waals surface area contributed by atoms with Crippen LogP contribution in [0.3, 0.4) is 0 Å².